The first-order valence-corrected chi connectivity index (χ1v) is 6.69. The van der Waals surface area contributed by atoms with Crippen molar-refractivity contribution in [3.05, 3.63) is 24.3 Å². The van der Waals surface area contributed by atoms with Crippen LogP contribution in [0.2, 0.25) is 0 Å². The molecule has 0 amide bonds. The van der Waals surface area contributed by atoms with Gasteiger partial charge in [-0.25, -0.2) is 4.98 Å². The largest absolute Gasteiger partial charge is 0.395 e. The maximum absolute atomic E-state index is 9.29. The number of aliphatic hydroxyl groups is 1. The maximum Gasteiger partial charge on any atom is 0.222 e. The summed E-state index contributed by atoms with van der Waals surface area (Å²) in [5.74, 6) is 1.14. The second-order valence-electron chi connectivity index (χ2n) is 4.92. The Labute approximate surface area is 112 Å². The summed E-state index contributed by atoms with van der Waals surface area (Å²) in [7, 11) is 0. The number of nitrogens with zero attached hydrogens (tertiary/aromatic N) is 3. The van der Waals surface area contributed by atoms with Crippen LogP contribution in [0.25, 0.3) is 10.9 Å². The molecule has 1 aromatic carbocycles. The zero-order valence-corrected chi connectivity index (χ0v) is 10.8. The molecule has 5 nitrogen and oxygen atoms in total. The van der Waals surface area contributed by atoms with E-state index in [1.807, 2.05) is 24.3 Å². The highest BCUT2D eigenvalue weighted by Gasteiger charge is 2.27. The second kappa shape index (κ2) is 5.01. The summed E-state index contributed by atoms with van der Waals surface area (Å²) in [6.07, 6.45) is 3.54. The van der Waals surface area contributed by atoms with Crippen molar-refractivity contribution in [1.29, 1.82) is 0 Å². The molecule has 1 heterocycles. The van der Waals surface area contributed by atoms with Crippen LogP contribution in [0, 0.1) is 0 Å². The molecule has 19 heavy (non-hydrogen) atoms. The Balaban J connectivity index is 2.10. The molecule has 1 fully saturated rings. The summed E-state index contributed by atoms with van der Waals surface area (Å²) in [5.41, 5.74) is 6.66. The van der Waals surface area contributed by atoms with Gasteiger partial charge in [0.25, 0.3) is 0 Å². The zero-order chi connectivity index (χ0) is 13.2. The van der Waals surface area contributed by atoms with Gasteiger partial charge in [-0.1, -0.05) is 12.1 Å². The number of rotatable bonds is 4. The third-order valence-electron chi connectivity index (χ3n) is 3.73. The van der Waals surface area contributed by atoms with Crippen LogP contribution in [0.3, 0.4) is 0 Å². The molecule has 1 aliphatic rings. The fourth-order valence-electron chi connectivity index (χ4n) is 2.56. The minimum atomic E-state index is 0.120. The van der Waals surface area contributed by atoms with E-state index in [1.54, 1.807) is 0 Å². The molecule has 1 aliphatic carbocycles. The highest BCUT2D eigenvalue weighted by atomic mass is 16.3. The molecule has 3 N–H and O–H groups in total. The van der Waals surface area contributed by atoms with Crippen LogP contribution in [0.15, 0.2) is 24.3 Å². The molecule has 0 spiro atoms. The van der Waals surface area contributed by atoms with Gasteiger partial charge in [0.05, 0.1) is 12.1 Å². The van der Waals surface area contributed by atoms with Gasteiger partial charge in [0.1, 0.15) is 5.82 Å². The molecule has 2 aromatic rings. The monoisotopic (exact) mass is 258 g/mol. The molecule has 5 heteroatoms. The molecule has 1 aromatic heterocycles. The van der Waals surface area contributed by atoms with E-state index >= 15 is 0 Å². The first kappa shape index (κ1) is 12.2. The number of hydrogen-bond acceptors (Lipinski definition) is 5. The quantitative estimate of drug-likeness (QED) is 0.870. The number of benzene rings is 1. The molecule has 0 atom stereocenters. The van der Waals surface area contributed by atoms with E-state index in [2.05, 4.69) is 14.9 Å². The van der Waals surface area contributed by atoms with Gasteiger partial charge in [0, 0.05) is 18.0 Å². The molecule has 0 bridgehead atoms. The van der Waals surface area contributed by atoms with E-state index in [0.29, 0.717) is 12.6 Å². The Morgan fingerprint density at radius 3 is 2.74 bits per heavy atom. The molecule has 0 radical (unpaired) electrons. The number of nitrogen functional groups attached to an aromatic ring is 1. The fourth-order valence-corrected chi connectivity index (χ4v) is 2.56. The summed E-state index contributed by atoms with van der Waals surface area (Å²) in [4.78, 5) is 10.8. The lowest BCUT2D eigenvalue weighted by Crippen LogP contribution is -2.42. The predicted molar refractivity (Wildman–Crippen MR) is 76.0 cm³/mol. The van der Waals surface area contributed by atoms with Gasteiger partial charge in [-0.05, 0) is 31.4 Å². The van der Waals surface area contributed by atoms with Crippen LogP contribution in [0.1, 0.15) is 19.3 Å². The minimum Gasteiger partial charge on any atom is -0.395 e. The summed E-state index contributed by atoms with van der Waals surface area (Å²) in [5, 5.41) is 10.3. The van der Waals surface area contributed by atoms with Gasteiger partial charge >= 0.3 is 0 Å². The van der Waals surface area contributed by atoms with Crippen molar-refractivity contribution in [2.24, 2.45) is 0 Å². The van der Waals surface area contributed by atoms with Crippen LogP contribution in [0.5, 0.6) is 0 Å². The van der Waals surface area contributed by atoms with Crippen molar-refractivity contribution in [3.8, 4) is 0 Å². The van der Waals surface area contributed by atoms with E-state index in [9.17, 15) is 5.11 Å². The number of para-hydroxylation sites is 1. The summed E-state index contributed by atoms with van der Waals surface area (Å²) in [6.45, 7) is 0.708. The van der Waals surface area contributed by atoms with Crippen molar-refractivity contribution in [2.45, 2.75) is 25.3 Å². The normalized spacial score (nSPS) is 15.4. The Morgan fingerprint density at radius 2 is 2.05 bits per heavy atom. The number of fused-ring (bicyclic) bond motifs is 1. The van der Waals surface area contributed by atoms with Crippen LogP contribution in [0.4, 0.5) is 11.8 Å². The fraction of sp³-hybridized carbons (Fsp3) is 0.429. The molecule has 0 saturated heterocycles. The number of aromatic nitrogens is 2. The first-order valence-electron chi connectivity index (χ1n) is 6.69. The molecular weight excluding hydrogens is 240 g/mol. The zero-order valence-electron chi connectivity index (χ0n) is 10.8. The van der Waals surface area contributed by atoms with Crippen LogP contribution in [-0.2, 0) is 0 Å². The van der Waals surface area contributed by atoms with E-state index in [-0.39, 0.29) is 12.6 Å². The van der Waals surface area contributed by atoms with Gasteiger partial charge in [-0.15, -0.1) is 0 Å². The molecule has 100 valence electrons. The predicted octanol–water partition coefficient (Wildman–Crippen LogP) is 1.56. The Bertz CT molecular complexity index is 583. The summed E-state index contributed by atoms with van der Waals surface area (Å²) >= 11 is 0. The first-order chi connectivity index (χ1) is 9.29. The lowest BCUT2D eigenvalue weighted by Gasteiger charge is -2.38. The number of hydrogen-bond donors (Lipinski definition) is 2. The lowest BCUT2D eigenvalue weighted by molar-refractivity contribution is 0.283. The van der Waals surface area contributed by atoms with Crippen LogP contribution < -0.4 is 10.6 Å². The van der Waals surface area contributed by atoms with Crippen LogP contribution in [-0.4, -0.2) is 34.3 Å². The third-order valence-corrected chi connectivity index (χ3v) is 3.73. The van der Waals surface area contributed by atoms with Crippen molar-refractivity contribution >= 4 is 22.7 Å². The second-order valence-corrected chi connectivity index (χ2v) is 4.92. The topological polar surface area (TPSA) is 75.3 Å². The molecule has 0 unspecified atom stereocenters. The summed E-state index contributed by atoms with van der Waals surface area (Å²) in [6, 6.07) is 8.33. The van der Waals surface area contributed by atoms with E-state index in [1.165, 1.54) is 6.42 Å². The highest BCUT2D eigenvalue weighted by molar-refractivity contribution is 5.90. The smallest absolute Gasteiger partial charge is 0.222 e. The number of anilines is 2. The Hall–Kier alpha value is -1.88. The van der Waals surface area contributed by atoms with Gasteiger partial charge in [0.15, 0.2) is 0 Å². The highest BCUT2D eigenvalue weighted by Crippen LogP contribution is 2.32. The lowest BCUT2D eigenvalue weighted by atomic mass is 9.91. The van der Waals surface area contributed by atoms with Crippen molar-refractivity contribution in [1.82, 2.24) is 9.97 Å². The molecular formula is C14H18N4O. The van der Waals surface area contributed by atoms with Gasteiger partial charge in [-0.2, -0.15) is 4.98 Å². The average molecular weight is 258 g/mol. The van der Waals surface area contributed by atoms with Gasteiger partial charge in [-0.3, -0.25) is 0 Å². The Morgan fingerprint density at radius 1 is 1.26 bits per heavy atom. The van der Waals surface area contributed by atoms with Crippen LogP contribution >= 0.6 is 0 Å². The summed E-state index contributed by atoms with van der Waals surface area (Å²) < 4.78 is 0. The number of aliphatic hydroxyl groups excluding tert-OH is 1. The SMILES string of the molecule is Nc1nc(N(CCO)C2CCC2)c2ccccc2n1. The van der Waals surface area contributed by atoms with E-state index in [0.717, 1.165) is 29.6 Å². The van der Waals surface area contributed by atoms with Crippen molar-refractivity contribution in [3.63, 3.8) is 0 Å². The third kappa shape index (κ3) is 2.21. The molecule has 3 rings (SSSR count). The average Bonchev–Trinajstić information content (AvgIpc) is 2.35. The maximum atomic E-state index is 9.29. The van der Waals surface area contributed by atoms with Gasteiger partial charge < -0.3 is 15.7 Å². The van der Waals surface area contributed by atoms with E-state index < -0.39 is 0 Å². The molecule has 1 saturated carbocycles. The molecule has 0 aliphatic heterocycles. The minimum absolute atomic E-state index is 0.120. The van der Waals surface area contributed by atoms with Crippen molar-refractivity contribution in [2.75, 3.05) is 23.8 Å². The number of nitrogens with two attached hydrogens (primary N) is 1. The van der Waals surface area contributed by atoms with Crippen molar-refractivity contribution < 1.29 is 5.11 Å². The Kier molecular flexibility index (Phi) is 3.21. The van der Waals surface area contributed by atoms with E-state index in [4.69, 9.17) is 5.73 Å². The van der Waals surface area contributed by atoms with Gasteiger partial charge in [0.2, 0.25) is 5.95 Å². The standard InChI is InChI=1S/C14H18N4O/c15-14-16-12-7-2-1-6-11(12)13(17-14)18(8-9-19)10-4-3-5-10/h1-2,6-7,10,19H,3-5,8-9H2,(H2,15,16,17).